The van der Waals surface area contributed by atoms with Gasteiger partial charge in [0.05, 0.1) is 0 Å². The van der Waals surface area contributed by atoms with Crippen LogP contribution in [0.5, 0.6) is 0 Å². The summed E-state index contributed by atoms with van der Waals surface area (Å²) in [5.74, 6) is 0.747. The highest BCUT2D eigenvalue weighted by molar-refractivity contribution is 6.58. The number of rotatable bonds is 5. The second kappa shape index (κ2) is 6.22. The molecule has 1 rings (SSSR count). The van der Waals surface area contributed by atoms with Crippen LogP contribution in [-0.4, -0.2) is 17.2 Å². The van der Waals surface area contributed by atoms with E-state index in [0.717, 1.165) is 23.5 Å². The molecule has 0 saturated heterocycles. The standard InChI is InChI=1S/C14H23BO2/c1-5-10(2)6-7-14-11(3)8-13(15(16)17)9-12(14)4/h8-10,16-17H,5-7H2,1-4H3/t10-/m0/s1. The van der Waals surface area contributed by atoms with Crippen molar-refractivity contribution in [2.45, 2.75) is 47.0 Å². The van der Waals surface area contributed by atoms with Gasteiger partial charge in [0.1, 0.15) is 0 Å². The van der Waals surface area contributed by atoms with E-state index in [1.165, 1.54) is 18.4 Å². The van der Waals surface area contributed by atoms with Crippen LogP contribution in [0.3, 0.4) is 0 Å². The highest BCUT2D eigenvalue weighted by Crippen LogP contribution is 2.18. The molecule has 1 aromatic carbocycles. The van der Waals surface area contributed by atoms with Crippen LogP contribution in [-0.2, 0) is 6.42 Å². The predicted molar refractivity (Wildman–Crippen MR) is 73.5 cm³/mol. The number of aryl methyl sites for hydroxylation is 2. The average Bonchev–Trinajstić information content (AvgIpc) is 2.27. The highest BCUT2D eigenvalue weighted by atomic mass is 16.4. The largest absolute Gasteiger partial charge is 0.488 e. The maximum absolute atomic E-state index is 9.18. The molecule has 2 nitrogen and oxygen atoms in total. The molecule has 0 bridgehead atoms. The van der Waals surface area contributed by atoms with Crippen LogP contribution >= 0.6 is 0 Å². The minimum absolute atomic E-state index is 0.590. The summed E-state index contributed by atoms with van der Waals surface area (Å²) in [7, 11) is -1.36. The van der Waals surface area contributed by atoms with Gasteiger partial charge in [-0.1, -0.05) is 32.4 Å². The van der Waals surface area contributed by atoms with Gasteiger partial charge in [-0.05, 0) is 54.8 Å². The summed E-state index contributed by atoms with van der Waals surface area (Å²) >= 11 is 0. The molecule has 0 spiro atoms. The lowest BCUT2D eigenvalue weighted by Crippen LogP contribution is -2.30. The number of benzene rings is 1. The van der Waals surface area contributed by atoms with Crippen molar-refractivity contribution in [2.75, 3.05) is 0 Å². The maximum Gasteiger partial charge on any atom is 0.488 e. The molecule has 94 valence electrons. The summed E-state index contributed by atoms with van der Waals surface area (Å²) in [6.07, 6.45) is 3.49. The fourth-order valence-corrected chi connectivity index (χ4v) is 2.17. The molecule has 17 heavy (non-hydrogen) atoms. The maximum atomic E-state index is 9.18. The zero-order valence-electron chi connectivity index (χ0n) is 11.3. The second-order valence-corrected chi connectivity index (χ2v) is 5.06. The molecule has 0 aliphatic heterocycles. The summed E-state index contributed by atoms with van der Waals surface area (Å²) < 4.78 is 0. The van der Waals surface area contributed by atoms with Crippen LogP contribution in [0.15, 0.2) is 12.1 Å². The van der Waals surface area contributed by atoms with Crippen LogP contribution < -0.4 is 5.46 Å². The Hall–Kier alpha value is -0.795. The van der Waals surface area contributed by atoms with E-state index < -0.39 is 7.12 Å². The first kappa shape index (κ1) is 14.3. The molecule has 0 saturated carbocycles. The molecular formula is C14H23BO2. The van der Waals surface area contributed by atoms with Crippen molar-refractivity contribution in [3.05, 3.63) is 28.8 Å². The first-order valence-electron chi connectivity index (χ1n) is 6.41. The first-order valence-corrected chi connectivity index (χ1v) is 6.41. The second-order valence-electron chi connectivity index (χ2n) is 5.06. The summed E-state index contributed by atoms with van der Waals surface area (Å²) in [6.45, 7) is 8.59. The summed E-state index contributed by atoms with van der Waals surface area (Å²) in [4.78, 5) is 0. The third-order valence-electron chi connectivity index (χ3n) is 3.60. The van der Waals surface area contributed by atoms with E-state index >= 15 is 0 Å². The molecule has 0 aromatic heterocycles. The Morgan fingerprint density at radius 2 is 1.71 bits per heavy atom. The molecule has 0 unspecified atom stereocenters. The monoisotopic (exact) mass is 234 g/mol. The quantitative estimate of drug-likeness (QED) is 0.764. The van der Waals surface area contributed by atoms with Gasteiger partial charge in [0, 0.05) is 0 Å². The van der Waals surface area contributed by atoms with Crippen molar-refractivity contribution in [1.29, 1.82) is 0 Å². The fraction of sp³-hybridized carbons (Fsp3) is 0.571. The summed E-state index contributed by atoms with van der Waals surface area (Å²) in [5, 5.41) is 18.4. The van der Waals surface area contributed by atoms with Crippen LogP contribution in [0.25, 0.3) is 0 Å². The van der Waals surface area contributed by atoms with Gasteiger partial charge in [0.15, 0.2) is 0 Å². The SMILES string of the molecule is CC[C@H](C)CCc1c(C)cc(B(O)O)cc1C. The lowest BCUT2D eigenvalue weighted by Gasteiger charge is -2.14. The molecule has 1 atom stereocenters. The molecule has 0 aliphatic rings. The van der Waals surface area contributed by atoms with Gasteiger partial charge in [0.2, 0.25) is 0 Å². The number of hydrogen-bond acceptors (Lipinski definition) is 2. The van der Waals surface area contributed by atoms with Gasteiger partial charge >= 0.3 is 7.12 Å². The van der Waals surface area contributed by atoms with Crippen molar-refractivity contribution < 1.29 is 10.0 Å². The molecule has 0 amide bonds. The smallest absolute Gasteiger partial charge is 0.423 e. The van der Waals surface area contributed by atoms with E-state index in [0.29, 0.717) is 5.46 Å². The van der Waals surface area contributed by atoms with Gasteiger partial charge in [0.25, 0.3) is 0 Å². The van der Waals surface area contributed by atoms with E-state index in [1.807, 2.05) is 26.0 Å². The van der Waals surface area contributed by atoms with E-state index in [1.54, 1.807) is 0 Å². The molecule has 0 heterocycles. The van der Waals surface area contributed by atoms with Crippen LogP contribution in [0, 0.1) is 19.8 Å². The van der Waals surface area contributed by atoms with Gasteiger partial charge in [-0.3, -0.25) is 0 Å². The lowest BCUT2D eigenvalue weighted by molar-refractivity contribution is 0.425. The fourth-order valence-electron chi connectivity index (χ4n) is 2.17. The Balaban J connectivity index is 2.86. The van der Waals surface area contributed by atoms with Crippen LogP contribution in [0.4, 0.5) is 0 Å². The van der Waals surface area contributed by atoms with Crippen molar-refractivity contribution in [3.63, 3.8) is 0 Å². The molecule has 2 N–H and O–H groups in total. The highest BCUT2D eigenvalue weighted by Gasteiger charge is 2.14. The topological polar surface area (TPSA) is 40.5 Å². The summed E-state index contributed by atoms with van der Waals surface area (Å²) in [6, 6.07) is 3.76. The third kappa shape index (κ3) is 3.86. The predicted octanol–water partition coefficient (Wildman–Crippen LogP) is 1.96. The normalized spacial score (nSPS) is 12.6. The summed E-state index contributed by atoms with van der Waals surface area (Å²) in [5.41, 5.74) is 4.27. The van der Waals surface area contributed by atoms with Gasteiger partial charge < -0.3 is 10.0 Å². The van der Waals surface area contributed by atoms with Crippen molar-refractivity contribution >= 4 is 12.6 Å². The average molecular weight is 234 g/mol. The zero-order chi connectivity index (χ0) is 13.0. The van der Waals surface area contributed by atoms with E-state index in [-0.39, 0.29) is 0 Å². The third-order valence-corrected chi connectivity index (χ3v) is 3.60. The minimum atomic E-state index is -1.36. The molecule has 1 aromatic rings. The molecular weight excluding hydrogens is 211 g/mol. The van der Waals surface area contributed by atoms with Crippen molar-refractivity contribution in [3.8, 4) is 0 Å². The van der Waals surface area contributed by atoms with Crippen molar-refractivity contribution in [1.82, 2.24) is 0 Å². The Labute approximate surface area is 105 Å². The van der Waals surface area contributed by atoms with E-state index in [4.69, 9.17) is 0 Å². The van der Waals surface area contributed by atoms with Crippen LogP contribution in [0.1, 0.15) is 43.4 Å². The van der Waals surface area contributed by atoms with Crippen molar-refractivity contribution in [2.24, 2.45) is 5.92 Å². The Bertz CT molecular complexity index is 351. The lowest BCUT2D eigenvalue weighted by atomic mass is 9.77. The first-order chi connectivity index (χ1) is 7.95. The molecule has 0 radical (unpaired) electrons. The van der Waals surface area contributed by atoms with Crippen LogP contribution in [0.2, 0.25) is 0 Å². The Kier molecular flexibility index (Phi) is 5.22. The van der Waals surface area contributed by atoms with Gasteiger partial charge in [-0.25, -0.2) is 0 Å². The minimum Gasteiger partial charge on any atom is -0.423 e. The number of hydrogen-bond donors (Lipinski definition) is 2. The molecule has 0 aliphatic carbocycles. The van der Waals surface area contributed by atoms with Gasteiger partial charge in [-0.15, -0.1) is 0 Å². The Morgan fingerprint density at radius 3 is 2.12 bits per heavy atom. The molecule has 3 heteroatoms. The molecule has 0 fully saturated rings. The van der Waals surface area contributed by atoms with E-state index in [2.05, 4.69) is 13.8 Å². The van der Waals surface area contributed by atoms with E-state index in [9.17, 15) is 10.0 Å². The Morgan fingerprint density at radius 1 is 1.18 bits per heavy atom. The zero-order valence-corrected chi connectivity index (χ0v) is 11.3. The van der Waals surface area contributed by atoms with Gasteiger partial charge in [-0.2, -0.15) is 0 Å².